The summed E-state index contributed by atoms with van der Waals surface area (Å²) in [5.41, 5.74) is 1.22. The highest BCUT2D eigenvalue weighted by Crippen LogP contribution is 2.40. The maximum atomic E-state index is 13.3. The molecule has 32 heavy (non-hydrogen) atoms. The Labute approximate surface area is 188 Å². The molecule has 166 valence electrons. The molecule has 3 heterocycles. The number of aromatic nitrogens is 4. The number of carbonyl (C=O) groups excluding carboxylic acids is 2. The van der Waals surface area contributed by atoms with Gasteiger partial charge in [0.25, 0.3) is 5.91 Å². The van der Waals surface area contributed by atoms with Crippen molar-refractivity contribution in [1.82, 2.24) is 23.8 Å². The number of fused-ring (bicyclic) bond motifs is 1. The van der Waals surface area contributed by atoms with Crippen LogP contribution in [0.4, 0.5) is 10.2 Å². The number of rotatable bonds is 4. The summed E-state index contributed by atoms with van der Waals surface area (Å²) in [7, 11) is 1.74. The molecule has 1 fully saturated rings. The first kappa shape index (κ1) is 20.7. The molecule has 0 radical (unpaired) electrons. The van der Waals surface area contributed by atoms with Crippen molar-refractivity contribution in [3.63, 3.8) is 0 Å². The maximum Gasteiger partial charge on any atom is 0.254 e. The van der Waals surface area contributed by atoms with E-state index in [1.165, 1.54) is 35.8 Å². The van der Waals surface area contributed by atoms with Crippen LogP contribution in [0.25, 0.3) is 10.8 Å². The number of nitrogens with zero attached hydrogens (tertiary/aromatic N) is 6. The van der Waals surface area contributed by atoms with Crippen molar-refractivity contribution in [1.29, 1.82) is 0 Å². The number of hydrogen-bond donors (Lipinski definition) is 0. The normalized spacial score (nSPS) is 17.9. The van der Waals surface area contributed by atoms with E-state index < -0.39 is 0 Å². The average molecular weight is 455 g/mol. The Balaban J connectivity index is 1.56. The van der Waals surface area contributed by atoms with Gasteiger partial charge in [-0.25, -0.2) is 14.4 Å². The number of anilines is 1. The lowest BCUT2D eigenvalue weighted by molar-refractivity contribution is -0.119. The molecule has 5 rings (SSSR count). The molecule has 2 amide bonds. The van der Waals surface area contributed by atoms with Crippen LogP contribution in [0.3, 0.4) is 0 Å². The minimum atomic E-state index is -0.384. The third kappa shape index (κ3) is 3.48. The number of hydrogen-bond acceptors (Lipinski definition) is 6. The zero-order valence-corrected chi connectivity index (χ0v) is 18.9. The highest BCUT2D eigenvalue weighted by atomic mass is 32.1. The Morgan fingerprint density at radius 1 is 1.16 bits per heavy atom. The van der Waals surface area contributed by atoms with Crippen LogP contribution in [0.5, 0.6) is 0 Å². The van der Waals surface area contributed by atoms with Gasteiger partial charge in [-0.3, -0.25) is 14.5 Å². The molecule has 10 heteroatoms. The van der Waals surface area contributed by atoms with Gasteiger partial charge >= 0.3 is 0 Å². The lowest BCUT2D eigenvalue weighted by Crippen LogP contribution is -2.42. The third-order valence-electron chi connectivity index (χ3n) is 6.06. The molecule has 1 unspecified atom stereocenters. The zero-order chi connectivity index (χ0) is 22.6. The van der Waals surface area contributed by atoms with Gasteiger partial charge in [0.05, 0.1) is 11.7 Å². The van der Waals surface area contributed by atoms with E-state index in [-0.39, 0.29) is 29.6 Å². The number of carbonyl (C=O) groups is 2. The Morgan fingerprint density at radius 2 is 1.88 bits per heavy atom. The predicted molar refractivity (Wildman–Crippen MR) is 118 cm³/mol. The van der Waals surface area contributed by atoms with Crippen LogP contribution in [0.15, 0.2) is 24.3 Å². The molecule has 3 aromatic rings. The van der Waals surface area contributed by atoms with Gasteiger partial charge in [0.15, 0.2) is 16.6 Å². The smallest absolute Gasteiger partial charge is 0.254 e. The fourth-order valence-corrected chi connectivity index (χ4v) is 4.85. The Morgan fingerprint density at radius 3 is 2.50 bits per heavy atom. The lowest BCUT2D eigenvalue weighted by Gasteiger charge is -2.36. The van der Waals surface area contributed by atoms with Crippen molar-refractivity contribution < 1.29 is 14.0 Å². The number of imidazole rings is 1. The molecular weight excluding hydrogens is 431 g/mol. The van der Waals surface area contributed by atoms with Crippen molar-refractivity contribution >= 4 is 29.2 Å². The van der Waals surface area contributed by atoms with E-state index in [1.54, 1.807) is 16.8 Å². The van der Waals surface area contributed by atoms with E-state index >= 15 is 0 Å². The van der Waals surface area contributed by atoms with Gasteiger partial charge in [0, 0.05) is 31.6 Å². The molecule has 0 spiro atoms. The van der Waals surface area contributed by atoms with Crippen LogP contribution in [0.2, 0.25) is 0 Å². The second kappa shape index (κ2) is 7.77. The lowest BCUT2D eigenvalue weighted by atomic mass is 10.1. The van der Waals surface area contributed by atoms with E-state index in [0.29, 0.717) is 41.1 Å². The summed E-state index contributed by atoms with van der Waals surface area (Å²) in [6, 6.07) is 5.23. The van der Waals surface area contributed by atoms with Gasteiger partial charge < -0.3 is 9.47 Å². The van der Waals surface area contributed by atoms with E-state index in [0.717, 1.165) is 18.5 Å². The van der Waals surface area contributed by atoms with Crippen LogP contribution >= 0.6 is 11.5 Å². The van der Waals surface area contributed by atoms with Gasteiger partial charge in [-0.2, -0.15) is 4.37 Å². The van der Waals surface area contributed by atoms with Crippen LogP contribution in [0, 0.1) is 18.7 Å². The predicted octanol–water partition coefficient (Wildman–Crippen LogP) is 3.44. The monoisotopic (exact) mass is 454 g/mol. The molecule has 8 nitrogen and oxygen atoms in total. The topological polar surface area (TPSA) is 84.2 Å². The Hall–Kier alpha value is -3.14. The molecule has 0 N–H and O–H groups in total. The molecule has 0 saturated heterocycles. The molecule has 1 aliphatic heterocycles. The second-order valence-electron chi connectivity index (χ2n) is 8.30. The minimum Gasteiger partial charge on any atom is -0.328 e. The fourth-order valence-electron chi connectivity index (χ4n) is 4.18. The summed E-state index contributed by atoms with van der Waals surface area (Å²) in [5.74, 6) is 1.40. The highest BCUT2D eigenvalue weighted by Gasteiger charge is 2.39. The van der Waals surface area contributed by atoms with Gasteiger partial charge in [-0.1, -0.05) is 0 Å². The fraction of sp³-hybridized carbons (Fsp3) is 0.409. The molecule has 0 bridgehead atoms. The van der Waals surface area contributed by atoms with Crippen molar-refractivity contribution in [3.05, 3.63) is 47.2 Å². The molecular formula is C22H23FN6O2S. The van der Waals surface area contributed by atoms with Gasteiger partial charge in [-0.15, -0.1) is 0 Å². The van der Waals surface area contributed by atoms with E-state index in [1.807, 2.05) is 18.4 Å². The number of amides is 2. The Bertz CT molecular complexity index is 1200. The molecule has 1 saturated carbocycles. The van der Waals surface area contributed by atoms with Crippen LogP contribution in [-0.2, 0) is 11.3 Å². The van der Waals surface area contributed by atoms with Crippen molar-refractivity contribution in [3.8, 4) is 10.8 Å². The maximum absolute atomic E-state index is 13.3. The summed E-state index contributed by atoms with van der Waals surface area (Å²) in [4.78, 5) is 38.7. The number of benzene rings is 1. The molecule has 2 aromatic heterocycles. The first-order valence-electron chi connectivity index (χ1n) is 10.6. The second-order valence-corrected chi connectivity index (χ2v) is 9.05. The molecule has 1 atom stereocenters. The Kier molecular flexibility index (Phi) is 5.04. The van der Waals surface area contributed by atoms with E-state index in [9.17, 15) is 14.0 Å². The van der Waals surface area contributed by atoms with Crippen molar-refractivity contribution in [2.24, 2.45) is 5.92 Å². The highest BCUT2D eigenvalue weighted by molar-refractivity contribution is 7.09. The van der Waals surface area contributed by atoms with Crippen LogP contribution in [0.1, 0.15) is 47.7 Å². The minimum absolute atomic E-state index is 0.0417. The summed E-state index contributed by atoms with van der Waals surface area (Å²) >= 11 is 1.27. The van der Waals surface area contributed by atoms with Gasteiger partial charge in [-0.05, 0) is 62.5 Å². The summed E-state index contributed by atoms with van der Waals surface area (Å²) in [6.07, 6.45) is 1.79. The summed E-state index contributed by atoms with van der Waals surface area (Å²) < 4.78 is 19.7. The van der Waals surface area contributed by atoms with Gasteiger partial charge in [0.2, 0.25) is 5.91 Å². The average Bonchev–Trinajstić information content (AvgIpc) is 3.43. The van der Waals surface area contributed by atoms with Gasteiger partial charge in [0.1, 0.15) is 11.6 Å². The van der Waals surface area contributed by atoms with E-state index in [2.05, 4.69) is 9.36 Å². The largest absolute Gasteiger partial charge is 0.328 e. The summed E-state index contributed by atoms with van der Waals surface area (Å²) in [6.45, 7) is 4.74. The molecule has 1 aliphatic carbocycles. The number of aryl methyl sites for hydroxylation is 1. The van der Waals surface area contributed by atoms with Crippen molar-refractivity contribution in [2.45, 2.75) is 39.3 Å². The molecule has 1 aromatic carbocycles. The molecule has 2 aliphatic rings. The van der Waals surface area contributed by atoms with Crippen LogP contribution < -0.4 is 4.90 Å². The summed E-state index contributed by atoms with van der Waals surface area (Å²) in [5, 5.41) is 0.688. The SMILES string of the molecule is Cc1nsc(-c2nc(N(C)C(=O)C3CC3)c3n2CCN(C(=O)c2ccc(F)cc2)C3C)n1. The van der Waals surface area contributed by atoms with Crippen LogP contribution in [-0.4, -0.2) is 49.2 Å². The number of halogens is 1. The quantitative estimate of drug-likeness (QED) is 0.603. The first-order valence-corrected chi connectivity index (χ1v) is 11.4. The zero-order valence-electron chi connectivity index (χ0n) is 18.1. The first-order chi connectivity index (χ1) is 15.3. The standard InChI is InChI=1S/C22H23FN6O2S/c1-12-17-18(27(3)21(30)14-4-5-14)25-19(20-24-13(2)26-32-20)29(17)11-10-28(12)22(31)15-6-8-16(23)9-7-15/h6-9,12,14H,4-5,10-11H2,1-3H3. The van der Waals surface area contributed by atoms with Crippen molar-refractivity contribution in [2.75, 3.05) is 18.5 Å². The van der Waals surface area contributed by atoms with E-state index in [4.69, 9.17) is 4.98 Å². The third-order valence-corrected chi connectivity index (χ3v) is 6.86.